The van der Waals surface area contributed by atoms with Crippen LogP contribution in [0.3, 0.4) is 0 Å². The van der Waals surface area contributed by atoms with Crippen LogP contribution in [0.5, 0.6) is 0 Å². The number of nitrogens with one attached hydrogen (secondary N) is 1. The molecule has 0 radical (unpaired) electrons. The van der Waals surface area contributed by atoms with Crippen molar-refractivity contribution >= 4 is 0 Å². The van der Waals surface area contributed by atoms with Gasteiger partial charge in [-0.1, -0.05) is 12.1 Å². The van der Waals surface area contributed by atoms with Crippen LogP contribution in [-0.2, 0) is 0 Å². The molecule has 84 valence electrons. The third kappa shape index (κ3) is 2.99. The minimum absolute atomic E-state index is 0.128. The Bertz CT molecular complexity index is 330. The first kappa shape index (κ1) is 12.1. The third-order valence-corrected chi connectivity index (χ3v) is 2.25. The molecule has 0 saturated carbocycles. The van der Waals surface area contributed by atoms with Crippen molar-refractivity contribution < 1.29 is 14.6 Å². The summed E-state index contributed by atoms with van der Waals surface area (Å²) in [7, 11) is 1.65. The Hall–Kier alpha value is -0.970. The Morgan fingerprint density at radius 3 is 2.60 bits per heavy atom. The van der Waals surface area contributed by atoms with Gasteiger partial charge in [-0.2, -0.15) is 0 Å². The molecule has 2 unspecified atom stereocenters. The van der Waals surface area contributed by atoms with Crippen LogP contribution in [0, 0.1) is 12.7 Å². The van der Waals surface area contributed by atoms with Gasteiger partial charge < -0.3 is 15.5 Å². The molecule has 0 amide bonds. The summed E-state index contributed by atoms with van der Waals surface area (Å²) in [5.41, 5.74) is 0.912. The van der Waals surface area contributed by atoms with E-state index in [1.165, 1.54) is 12.1 Å². The van der Waals surface area contributed by atoms with Gasteiger partial charge in [-0.25, -0.2) is 4.39 Å². The molecular formula is C11H16FNO2. The minimum atomic E-state index is -1.20. The van der Waals surface area contributed by atoms with Crippen molar-refractivity contribution in [3.05, 3.63) is 35.1 Å². The molecule has 1 rings (SSSR count). The molecule has 0 heterocycles. The average Bonchev–Trinajstić information content (AvgIpc) is 2.17. The van der Waals surface area contributed by atoms with E-state index >= 15 is 0 Å². The van der Waals surface area contributed by atoms with Crippen molar-refractivity contribution in [3.8, 4) is 0 Å². The fourth-order valence-electron chi connectivity index (χ4n) is 1.40. The van der Waals surface area contributed by atoms with E-state index in [9.17, 15) is 14.6 Å². The van der Waals surface area contributed by atoms with Crippen molar-refractivity contribution in [3.63, 3.8) is 0 Å². The summed E-state index contributed by atoms with van der Waals surface area (Å²) < 4.78 is 13.4. The second-order valence-electron chi connectivity index (χ2n) is 3.59. The number of aliphatic hydroxyl groups excluding tert-OH is 2. The summed E-state index contributed by atoms with van der Waals surface area (Å²) in [6, 6.07) is 4.53. The van der Waals surface area contributed by atoms with E-state index < -0.39 is 18.0 Å². The normalized spacial score (nSPS) is 15.0. The zero-order valence-electron chi connectivity index (χ0n) is 8.87. The summed E-state index contributed by atoms with van der Waals surface area (Å²) in [6.07, 6.45) is -2.20. The van der Waals surface area contributed by atoms with Gasteiger partial charge in [0.15, 0.2) is 0 Å². The summed E-state index contributed by atoms with van der Waals surface area (Å²) >= 11 is 0. The number of hydrogen-bond acceptors (Lipinski definition) is 3. The van der Waals surface area contributed by atoms with Crippen LogP contribution in [0.15, 0.2) is 18.2 Å². The number of hydrogen-bond donors (Lipinski definition) is 3. The summed E-state index contributed by atoms with van der Waals surface area (Å²) in [5, 5.41) is 21.9. The Balaban J connectivity index is 2.86. The van der Waals surface area contributed by atoms with E-state index in [-0.39, 0.29) is 12.1 Å². The van der Waals surface area contributed by atoms with Gasteiger partial charge in [0, 0.05) is 12.1 Å². The number of likely N-dealkylation sites (N-methyl/N-ethyl adjacent to an activating group) is 1. The van der Waals surface area contributed by atoms with Crippen LogP contribution in [0.2, 0.25) is 0 Å². The number of halogens is 1. The van der Waals surface area contributed by atoms with E-state index in [0.717, 1.165) is 5.56 Å². The Morgan fingerprint density at radius 1 is 1.40 bits per heavy atom. The minimum Gasteiger partial charge on any atom is -0.389 e. The smallest absolute Gasteiger partial charge is 0.129 e. The predicted octanol–water partition coefficient (Wildman–Crippen LogP) is 0.748. The lowest BCUT2D eigenvalue weighted by molar-refractivity contribution is 0.0181. The lowest BCUT2D eigenvalue weighted by Gasteiger charge is -2.18. The maximum atomic E-state index is 13.4. The Morgan fingerprint density at radius 2 is 2.07 bits per heavy atom. The molecule has 2 atom stereocenters. The highest BCUT2D eigenvalue weighted by molar-refractivity contribution is 5.25. The maximum Gasteiger partial charge on any atom is 0.129 e. The molecule has 1 aromatic rings. The van der Waals surface area contributed by atoms with Gasteiger partial charge in [0.05, 0.1) is 6.10 Å². The molecule has 3 N–H and O–H groups in total. The molecule has 1 aromatic carbocycles. The van der Waals surface area contributed by atoms with Crippen molar-refractivity contribution in [2.45, 2.75) is 19.1 Å². The molecule has 0 spiro atoms. The summed E-state index contributed by atoms with van der Waals surface area (Å²) in [5.74, 6) is -0.488. The Kier molecular flexibility index (Phi) is 4.20. The maximum absolute atomic E-state index is 13.4. The predicted molar refractivity (Wildman–Crippen MR) is 56.0 cm³/mol. The van der Waals surface area contributed by atoms with Crippen LogP contribution >= 0.6 is 0 Å². The second kappa shape index (κ2) is 5.21. The molecular weight excluding hydrogens is 197 g/mol. The second-order valence-corrected chi connectivity index (χ2v) is 3.59. The molecule has 0 bridgehead atoms. The van der Waals surface area contributed by atoms with Crippen LogP contribution < -0.4 is 5.32 Å². The molecule has 3 nitrogen and oxygen atoms in total. The first-order valence-electron chi connectivity index (χ1n) is 4.83. The molecule has 0 aromatic heterocycles. The molecule has 15 heavy (non-hydrogen) atoms. The molecule has 0 fully saturated rings. The van der Waals surface area contributed by atoms with Crippen molar-refractivity contribution in [2.24, 2.45) is 0 Å². The quantitative estimate of drug-likeness (QED) is 0.691. The SMILES string of the molecule is CNCC(O)C(O)c1ccc(C)cc1F. The van der Waals surface area contributed by atoms with Crippen LogP contribution in [0.1, 0.15) is 17.2 Å². The molecule has 0 aliphatic rings. The van der Waals surface area contributed by atoms with Gasteiger partial charge in [0.1, 0.15) is 11.9 Å². The highest BCUT2D eigenvalue weighted by Gasteiger charge is 2.20. The van der Waals surface area contributed by atoms with Crippen LogP contribution in [0.4, 0.5) is 4.39 Å². The summed E-state index contributed by atoms with van der Waals surface area (Å²) in [6.45, 7) is 1.98. The van der Waals surface area contributed by atoms with Gasteiger partial charge in [0.25, 0.3) is 0 Å². The fraction of sp³-hybridized carbons (Fsp3) is 0.455. The van der Waals surface area contributed by atoms with Crippen LogP contribution in [0.25, 0.3) is 0 Å². The zero-order chi connectivity index (χ0) is 11.4. The van der Waals surface area contributed by atoms with Gasteiger partial charge >= 0.3 is 0 Å². The summed E-state index contributed by atoms with van der Waals surface area (Å²) in [4.78, 5) is 0. The van der Waals surface area contributed by atoms with E-state index in [1.807, 2.05) is 0 Å². The van der Waals surface area contributed by atoms with Gasteiger partial charge in [-0.15, -0.1) is 0 Å². The van der Waals surface area contributed by atoms with Crippen molar-refractivity contribution in [1.82, 2.24) is 5.32 Å². The molecule has 4 heteroatoms. The zero-order valence-corrected chi connectivity index (χ0v) is 8.87. The average molecular weight is 213 g/mol. The lowest BCUT2D eigenvalue weighted by Crippen LogP contribution is -2.30. The lowest BCUT2D eigenvalue weighted by atomic mass is 10.0. The third-order valence-electron chi connectivity index (χ3n) is 2.25. The van der Waals surface area contributed by atoms with Gasteiger partial charge in [-0.05, 0) is 25.6 Å². The molecule has 0 saturated heterocycles. The number of aryl methyl sites for hydroxylation is 1. The first-order valence-corrected chi connectivity index (χ1v) is 4.83. The van der Waals surface area contributed by atoms with E-state index in [0.29, 0.717) is 0 Å². The van der Waals surface area contributed by atoms with Crippen LogP contribution in [-0.4, -0.2) is 29.9 Å². The van der Waals surface area contributed by atoms with Gasteiger partial charge in [-0.3, -0.25) is 0 Å². The van der Waals surface area contributed by atoms with E-state index in [4.69, 9.17) is 0 Å². The monoisotopic (exact) mass is 213 g/mol. The molecule has 0 aliphatic carbocycles. The molecule has 0 aliphatic heterocycles. The number of aliphatic hydroxyl groups is 2. The number of benzene rings is 1. The van der Waals surface area contributed by atoms with Crippen molar-refractivity contribution in [2.75, 3.05) is 13.6 Å². The van der Waals surface area contributed by atoms with E-state index in [2.05, 4.69) is 5.32 Å². The standard InChI is InChI=1S/C11H16FNO2/c1-7-3-4-8(9(12)5-7)11(15)10(14)6-13-2/h3-5,10-11,13-15H,6H2,1-2H3. The first-order chi connectivity index (χ1) is 7.06. The highest BCUT2D eigenvalue weighted by Crippen LogP contribution is 2.20. The fourth-order valence-corrected chi connectivity index (χ4v) is 1.40. The topological polar surface area (TPSA) is 52.5 Å². The number of rotatable bonds is 4. The van der Waals surface area contributed by atoms with Crippen molar-refractivity contribution in [1.29, 1.82) is 0 Å². The largest absolute Gasteiger partial charge is 0.389 e. The van der Waals surface area contributed by atoms with Gasteiger partial charge in [0.2, 0.25) is 0 Å². The van der Waals surface area contributed by atoms with E-state index in [1.54, 1.807) is 20.0 Å². The Labute approximate surface area is 88.6 Å². The highest BCUT2D eigenvalue weighted by atomic mass is 19.1.